The molecule has 4 N–H and O–H groups in total. The number of aliphatic hydroxyl groups is 1. The minimum atomic E-state index is -0.425. The van der Waals surface area contributed by atoms with Gasteiger partial charge in [0, 0.05) is 44.8 Å². The lowest BCUT2D eigenvalue weighted by Crippen LogP contribution is -2.41. The Kier molecular flexibility index (Phi) is 10.5. The summed E-state index contributed by atoms with van der Waals surface area (Å²) < 4.78 is 4.98. The van der Waals surface area contributed by atoms with E-state index in [2.05, 4.69) is 5.32 Å². The van der Waals surface area contributed by atoms with Crippen LogP contribution in [0.25, 0.3) is 11.2 Å². The molecule has 0 saturated heterocycles. The highest BCUT2D eigenvalue weighted by atomic mass is 16.3. The van der Waals surface area contributed by atoms with Crippen molar-refractivity contribution in [3.63, 3.8) is 0 Å². The second kappa shape index (κ2) is 14.2. The zero-order chi connectivity index (χ0) is 29.4. The first-order valence-electron chi connectivity index (χ1n) is 14.4. The number of imidazole rings is 1. The van der Waals surface area contributed by atoms with Gasteiger partial charge in [0.2, 0.25) is 0 Å². The normalized spacial score (nSPS) is 12.4. The van der Waals surface area contributed by atoms with Crippen LogP contribution < -0.4 is 22.3 Å². The van der Waals surface area contributed by atoms with Gasteiger partial charge in [-0.1, -0.05) is 49.4 Å². The standard InChI is InChI=1S/C31H43N7O3/c1-4-26(39)22-33-16-20-36-27(21-24-9-6-5-7-10-24)34-29-28(36)30(40)38(18-8-17-35(2)3)31(41)37(29)19-15-23-11-13-25(32)14-12-23/h5-7,9-14,26,33,39H,4,8,15-22,32H2,1-3H3. The van der Waals surface area contributed by atoms with Crippen molar-refractivity contribution in [3.8, 4) is 0 Å². The molecule has 2 aromatic carbocycles. The van der Waals surface area contributed by atoms with E-state index < -0.39 is 6.10 Å². The number of aryl methyl sites for hydroxylation is 2. The molecule has 0 aliphatic carbocycles. The Hall–Kier alpha value is -3.73. The fourth-order valence-corrected chi connectivity index (χ4v) is 4.96. The van der Waals surface area contributed by atoms with Gasteiger partial charge in [-0.3, -0.25) is 13.9 Å². The third-order valence-electron chi connectivity index (χ3n) is 7.35. The van der Waals surface area contributed by atoms with Crippen LogP contribution >= 0.6 is 0 Å². The smallest absolute Gasteiger partial charge is 0.332 e. The summed E-state index contributed by atoms with van der Waals surface area (Å²) in [6.45, 7) is 4.92. The molecule has 0 aliphatic heterocycles. The van der Waals surface area contributed by atoms with Gasteiger partial charge in [0.05, 0.1) is 6.10 Å². The number of nitrogens with zero attached hydrogens (tertiary/aromatic N) is 5. The van der Waals surface area contributed by atoms with Crippen molar-refractivity contribution in [3.05, 3.63) is 92.4 Å². The molecule has 41 heavy (non-hydrogen) atoms. The van der Waals surface area contributed by atoms with Crippen LogP contribution in [-0.4, -0.2) is 68.5 Å². The highest BCUT2D eigenvalue weighted by Crippen LogP contribution is 2.17. The number of anilines is 1. The van der Waals surface area contributed by atoms with Gasteiger partial charge in [-0.2, -0.15) is 0 Å². The molecule has 0 fully saturated rings. The van der Waals surface area contributed by atoms with Crippen LogP contribution in [0.2, 0.25) is 0 Å². The summed E-state index contributed by atoms with van der Waals surface area (Å²) in [6.07, 6.45) is 2.04. The summed E-state index contributed by atoms with van der Waals surface area (Å²) in [5, 5.41) is 13.3. The first-order chi connectivity index (χ1) is 19.8. The molecule has 2 heterocycles. The third kappa shape index (κ3) is 7.72. The van der Waals surface area contributed by atoms with Crippen molar-refractivity contribution >= 4 is 16.9 Å². The number of nitrogens with two attached hydrogens (primary N) is 1. The van der Waals surface area contributed by atoms with Gasteiger partial charge in [0.1, 0.15) is 5.82 Å². The van der Waals surface area contributed by atoms with Gasteiger partial charge in [-0.25, -0.2) is 9.78 Å². The lowest BCUT2D eigenvalue weighted by molar-refractivity contribution is 0.167. The molecule has 10 nitrogen and oxygen atoms in total. The number of aromatic nitrogens is 4. The zero-order valence-electron chi connectivity index (χ0n) is 24.4. The molecule has 0 radical (unpaired) electrons. The third-order valence-corrected chi connectivity index (χ3v) is 7.35. The quantitative estimate of drug-likeness (QED) is 0.150. The van der Waals surface area contributed by atoms with E-state index in [0.29, 0.717) is 75.3 Å². The van der Waals surface area contributed by atoms with Crippen LogP contribution in [0.4, 0.5) is 5.69 Å². The van der Waals surface area contributed by atoms with Gasteiger partial charge in [-0.15, -0.1) is 0 Å². The molecule has 0 saturated carbocycles. The van der Waals surface area contributed by atoms with Gasteiger partial charge >= 0.3 is 5.69 Å². The predicted octanol–water partition coefficient (Wildman–Crippen LogP) is 2.09. The van der Waals surface area contributed by atoms with Gasteiger partial charge in [0.25, 0.3) is 5.56 Å². The molecular weight excluding hydrogens is 518 g/mol. The Balaban J connectivity index is 1.80. The van der Waals surface area contributed by atoms with Crippen LogP contribution in [0.5, 0.6) is 0 Å². The summed E-state index contributed by atoms with van der Waals surface area (Å²) >= 11 is 0. The number of benzene rings is 2. The average molecular weight is 562 g/mol. The molecule has 2 aromatic heterocycles. The van der Waals surface area contributed by atoms with E-state index in [1.165, 1.54) is 4.57 Å². The summed E-state index contributed by atoms with van der Waals surface area (Å²) in [4.78, 5) is 34.8. The summed E-state index contributed by atoms with van der Waals surface area (Å²) in [5.41, 5.74) is 8.88. The number of nitrogens with one attached hydrogen (secondary N) is 1. The maximum Gasteiger partial charge on any atom is 0.332 e. The van der Waals surface area contributed by atoms with Crippen molar-refractivity contribution in [2.75, 3.05) is 39.5 Å². The van der Waals surface area contributed by atoms with Crippen LogP contribution in [0.3, 0.4) is 0 Å². The Morgan fingerprint density at radius 1 is 0.951 bits per heavy atom. The number of aliphatic hydroxyl groups excluding tert-OH is 1. The Bertz CT molecular complexity index is 1520. The topological polar surface area (TPSA) is 123 Å². The molecule has 0 spiro atoms. The monoisotopic (exact) mass is 561 g/mol. The largest absolute Gasteiger partial charge is 0.399 e. The van der Waals surface area contributed by atoms with E-state index in [1.807, 2.05) is 85.1 Å². The molecule has 0 bridgehead atoms. The molecule has 1 atom stereocenters. The highest BCUT2D eigenvalue weighted by molar-refractivity contribution is 5.71. The minimum absolute atomic E-state index is 0.312. The maximum atomic E-state index is 14.0. The van der Waals surface area contributed by atoms with Crippen molar-refractivity contribution in [2.24, 2.45) is 0 Å². The maximum absolute atomic E-state index is 14.0. The second-order valence-electron chi connectivity index (χ2n) is 10.8. The van der Waals surface area contributed by atoms with Crippen LogP contribution in [0.15, 0.2) is 64.2 Å². The van der Waals surface area contributed by atoms with E-state index in [9.17, 15) is 14.7 Å². The predicted molar refractivity (Wildman–Crippen MR) is 164 cm³/mol. The first-order valence-corrected chi connectivity index (χ1v) is 14.4. The number of rotatable bonds is 15. The summed E-state index contributed by atoms with van der Waals surface area (Å²) in [5.74, 6) is 0.729. The molecule has 4 aromatic rings. The molecule has 10 heteroatoms. The van der Waals surface area contributed by atoms with E-state index >= 15 is 0 Å². The van der Waals surface area contributed by atoms with Crippen molar-refractivity contribution in [1.29, 1.82) is 0 Å². The second-order valence-corrected chi connectivity index (χ2v) is 10.8. The fraction of sp³-hybridized carbons (Fsp3) is 0.452. The molecule has 0 amide bonds. The van der Waals surface area contributed by atoms with Gasteiger partial charge in [0.15, 0.2) is 11.2 Å². The molecular formula is C31H43N7O3. The average Bonchev–Trinajstić information content (AvgIpc) is 3.31. The van der Waals surface area contributed by atoms with E-state index in [1.54, 1.807) is 4.57 Å². The van der Waals surface area contributed by atoms with Crippen molar-refractivity contribution in [1.82, 2.24) is 28.9 Å². The van der Waals surface area contributed by atoms with Crippen LogP contribution in [0, 0.1) is 0 Å². The summed E-state index contributed by atoms with van der Waals surface area (Å²) in [6, 6.07) is 17.6. The zero-order valence-corrected chi connectivity index (χ0v) is 24.4. The number of hydrogen-bond donors (Lipinski definition) is 3. The number of nitrogen functional groups attached to an aromatic ring is 1. The Morgan fingerprint density at radius 2 is 1.68 bits per heavy atom. The molecule has 0 aliphatic rings. The van der Waals surface area contributed by atoms with Crippen LogP contribution in [0.1, 0.15) is 36.7 Å². The van der Waals surface area contributed by atoms with Gasteiger partial charge < -0.3 is 25.6 Å². The van der Waals surface area contributed by atoms with Crippen molar-refractivity contribution in [2.45, 2.75) is 58.3 Å². The molecule has 1 unspecified atom stereocenters. The van der Waals surface area contributed by atoms with E-state index in [4.69, 9.17) is 10.7 Å². The van der Waals surface area contributed by atoms with Crippen LogP contribution in [-0.2, 0) is 32.5 Å². The lowest BCUT2D eigenvalue weighted by atomic mass is 10.1. The van der Waals surface area contributed by atoms with Crippen molar-refractivity contribution < 1.29 is 5.11 Å². The summed E-state index contributed by atoms with van der Waals surface area (Å²) in [7, 11) is 3.95. The Labute approximate surface area is 241 Å². The highest BCUT2D eigenvalue weighted by Gasteiger charge is 2.22. The van der Waals surface area contributed by atoms with E-state index in [0.717, 1.165) is 23.5 Å². The number of fused-ring (bicyclic) bond motifs is 1. The molecule has 220 valence electrons. The molecule has 4 rings (SSSR count). The lowest BCUT2D eigenvalue weighted by Gasteiger charge is -2.15. The van der Waals surface area contributed by atoms with Gasteiger partial charge in [-0.05, 0) is 63.2 Å². The number of hydrogen-bond acceptors (Lipinski definition) is 7. The fourth-order valence-electron chi connectivity index (χ4n) is 4.96. The Morgan fingerprint density at radius 3 is 2.37 bits per heavy atom. The minimum Gasteiger partial charge on any atom is -0.399 e. The first kappa shape index (κ1) is 30.2. The SMILES string of the molecule is CCC(O)CNCCn1c(Cc2ccccc2)nc2c1c(=O)n(CCCN(C)C)c(=O)n2CCc1ccc(N)cc1. The van der Waals surface area contributed by atoms with E-state index in [-0.39, 0.29) is 11.2 Å².